The van der Waals surface area contributed by atoms with Gasteiger partial charge in [0.15, 0.2) is 0 Å². The number of methoxy groups -OCH3 is 1. The molecule has 6 nitrogen and oxygen atoms in total. The van der Waals surface area contributed by atoms with Crippen molar-refractivity contribution in [1.29, 1.82) is 0 Å². The van der Waals surface area contributed by atoms with Crippen LogP contribution in [-0.2, 0) is 6.54 Å². The maximum atomic E-state index is 13.3. The third kappa shape index (κ3) is 3.78. The normalized spacial score (nSPS) is 10.7. The van der Waals surface area contributed by atoms with E-state index in [1.807, 2.05) is 60.7 Å². The van der Waals surface area contributed by atoms with E-state index in [9.17, 15) is 4.79 Å². The van der Waals surface area contributed by atoms with Crippen molar-refractivity contribution < 1.29 is 13.9 Å². The summed E-state index contributed by atoms with van der Waals surface area (Å²) in [6.07, 6.45) is 3.36. The van der Waals surface area contributed by atoms with Crippen LogP contribution in [0, 0.1) is 0 Å². The summed E-state index contributed by atoms with van der Waals surface area (Å²) in [6, 6.07) is 20.9. The summed E-state index contributed by atoms with van der Waals surface area (Å²) in [5, 5.41) is 4.73. The molecule has 6 heteroatoms. The van der Waals surface area contributed by atoms with Crippen LogP contribution in [0.2, 0.25) is 0 Å². The molecular formula is C23H21N3O3. The number of para-hydroxylation sites is 2. The van der Waals surface area contributed by atoms with E-state index in [-0.39, 0.29) is 5.91 Å². The minimum atomic E-state index is -0.149. The second-order valence-corrected chi connectivity index (χ2v) is 6.61. The average molecular weight is 387 g/mol. The molecule has 0 atom stereocenters. The molecule has 0 aliphatic heterocycles. The molecule has 4 rings (SSSR count). The third-order valence-electron chi connectivity index (χ3n) is 4.65. The molecule has 0 N–H and O–H groups in total. The average Bonchev–Trinajstić information content (AvgIpc) is 3.44. The van der Waals surface area contributed by atoms with Crippen molar-refractivity contribution in [1.82, 2.24) is 14.7 Å². The molecule has 0 radical (unpaired) electrons. The Kier molecular flexibility index (Phi) is 5.16. The summed E-state index contributed by atoms with van der Waals surface area (Å²) in [4.78, 5) is 14.9. The third-order valence-corrected chi connectivity index (χ3v) is 4.65. The molecule has 2 aromatic carbocycles. The van der Waals surface area contributed by atoms with Gasteiger partial charge in [-0.25, -0.2) is 4.68 Å². The van der Waals surface area contributed by atoms with Crippen molar-refractivity contribution >= 4 is 5.91 Å². The van der Waals surface area contributed by atoms with Crippen molar-refractivity contribution in [3.8, 4) is 22.7 Å². The van der Waals surface area contributed by atoms with Crippen LogP contribution in [0.3, 0.4) is 0 Å². The van der Waals surface area contributed by atoms with E-state index >= 15 is 0 Å². The highest BCUT2D eigenvalue weighted by atomic mass is 16.5. The van der Waals surface area contributed by atoms with Crippen LogP contribution >= 0.6 is 0 Å². The lowest BCUT2D eigenvalue weighted by molar-refractivity contribution is 0.0776. The summed E-state index contributed by atoms with van der Waals surface area (Å²) in [5.74, 6) is 1.23. The zero-order chi connectivity index (χ0) is 20.2. The number of furan rings is 1. The van der Waals surface area contributed by atoms with Gasteiger partial charge in [0, 0.05) is 18.8 Å². The van der Waals surface area contributed by atoms with E-state index in [2.05, 4.69) is 0 Å². The number of amides is 1. The second-order valence-electron chi connectivity index (χ2n) is 6.61. The molecule has 0 aliphatic carbocycles. The molecule has 0 saturated carbocycles. The first-order valence-corrected chi connectivity index (χ1v) is 9.23. The smallest absolute Gasteiger partial charge is 0.257 e. The number of benzene rings is 2. The number of aromatic nitrogens is 2. The molecule has 29 heavy (non-hydrogen) atoms. The van der Waals surface area contributed by atoms with Gasteiger partial charge in [-0.2, -0.15) is 5.10 Å². The lowest BCUT2D eigenvalue weighted by Gasteiger charge is -2.16. The Balaban J connectivity index is 1.78. The van der Waals surface area contributed by atoms with Crippen LogP contribution in [0.1, 0.15) is 16.1 Å². The Labute approximate surface area is 168 Å². The summed E-state index contributed by atoms with van der Waals surface area (Å²) in [6.45, 7) is 0.369. The highest BCUT2D eigenvalue weighted by Gasteiger charge is 2.24. The summed E-state index contributed by atoms with van der Waals surface area (Å²) in [7, 11) is 3.36. The zero-order valence-electron chi connectivity index (χ0n) is 16.3. The first-order chi connectivity index (χ1) is 14.2. The number of carbonyl (C=O) groups excluding carboxylic acids is 1. The van der Waals surface area contributed by atoms with Gasteiger partial charge in [-0.05, 0) is 36.4 Å². The molecule has 1 amide bonds. The quantitative estimate of drug-likeness (QED) is 0.492. The predicted molar refractivity (Wildman–Crippen MR) is 110 cm³/mol. The van der Waals surface area contributed by atoms with E-state index in [4.69, 9.17) is 14.3 Å². The molecule has 2 aromatic heterocycles. The Bertz CT molecular complexity index is 1100. The molecule has 0 spiro atoms. The zero-order valence-corrected chi connectivity index (χ0v) is 16.3. The number of carbonyl (C=O) groups is 1. The Morgan fingerprint density at radius 2 is 1.83 bits per heavy atom. The summed E-state index contributed by atoms with van der Waals surface area (Å²) < 4.78 is 12.6. The molecule has 0 saturated heterocycles. The van der Waals surface area contributed by atoms with Gasteiger partial charge in [-0.3, -0.25) is 4.79 Å². The van der Waals surface area contributed by atoms with Gasteiger partial charge in [0.2, 0.25) is 0 Å². The SMILES string of the molecule is COc1ccccc1-c1nn(-c2ccccc2)cc1C(=O)N(C)Cc1ccco1. The standard InChI is InChI=1S/C23H21N3O3/c1-25(15-18-11-8-14-29-18)23(27)20-16-26(17-9-4-3-5-10-17)24-22(20)19-12-6-7-13-21(19)28-2/h3-14,16H,15H2,1-2H3. The second kappa shape index (κ2) is 8.06. The number of hydrogen-bond donors (Lipinski definition) is 0. The van der Waals surface area contributed by atoms with Crippen molar-refractivity contribution in [3.05, 3.63) is 90.5 Å². The lowest BCUT2D eigenvalue weighted by atomic mass is 10.1. The molecule has 0 fully saturated rings. The van der Waals surface area contributed by atoms with Crippen molar-refractivity contribution in [2.75, 3.05) is 14.2 Å². The minimum Gasteiger partial charge on any atom is -0.496 e. The molecule has 146 valence electrons. The molecule has 0 bridgehead atoms. The lowest BCUT2D eigenvalue weighted by Crippen LogP contribution is -2.26. The Hall–Kier alpha value is -3.80. The number of ether oxygens (including phenoxy) is 1. The van der Waals surface area contributed by atoms with Crippen LogP contribution < -0.4 is 4.74 Å². The molecule has 4 aromatic rings. The van der Waals surface area contributed by atoms with Crippen LogP contribution in [-0.4, -0.2) is 34.7 Å². The fraction of sp³-hybridized carbons (Fsp3) is 0.130. The molecule has 0 unspecified atom stereocenters. The largest absolute Gasteiger partial charge is 0.496 e. The highest BCUT2D eigenvalue weighted by Crippen LogP contribution is 2.32. The van der Waals surface area contributed by atoms with Gasteiger partial charge in [-0.1, -0.05) is 30.3 Å². The van der Waals surface area contributed by atoms with Gasteiger partial charge in [0.05, 0.1) is 31.2 Å². The van der Waals surface area contributed by atoms with Crippen LogP contribution in [0.4, 0.5) is 0 Å². The van der Waals surface area contributed by atoms with Gasteiger partial charge in [0.1, 0.15) is 17.2 Å². The first-order valence-electron chi connectivity index (χ1n) is 9.23. The Morgan fingerprint density at radius 1 is 1.07 bits per heavy atom. The van der Waals surface area contributed by atoms with E-state index < -0.39 is 0 Å². The van der Waals surface area contributed by atoms with E-state index in [0.717, 1.165) is 17.0 Å². The van der Waals surface area contributed by atoms with Crippen molar-refractivity contribution in [3.63, 3.8) is 0 Å². The van der Waals surface area contributed by atoms with Crippen molar-refractivity contribution in [2.45, 2.75) is 6.54 Å². The maximum Gasteiger partial charge on any atom is 0.257 e. The van der Waals surface area contributed by atoms with Crippen molar-refractivity contribution in [2.24, 2.45) is 0 Å². The fourth-order valence-corrected chi connectivity index (χ4v) is 3.20. The van der Waals surface area contributed by atoms with E-state index in [1.54, 1.807) is 42.3 Å². The summed E-state index contributed by atoms with van der Waals surface area (Å²) >= 11 is 0. The van der Waals surface area contributed by atoms with Crippen LogP contribution in [0.15, 0.2) is 83.6 Å². The Morgan fingerprint density at radius 3 is 2.55 bits per heavy atom. The van der Waals surface area contributed by atoms with Gasteiger partial charge < -0.3 is 14.1 Å². The van der Waals surface area contributed by atoms with Crippen LogP contribution in [0.5, 0.6) is 5.75 Å². The minimum absolute atomic E-state index is 0.149. The predicted octanol–water partition coefficient (Wildman–Crippen LogP) is 4.41. The highest BCUT2D eigenvalue weighted by molar-refractivity contribution is 6.00. The van der Waals surface area contributed by atoms with Gasteiger partial charge in [-0.15, -0.1) is 0 Å². The number of hydrogen-bond acceptors (Lipinski definition) is 4. The van der Waals surface area contributed by atoms with E-state index in [0.29, 0.717) is 23.6 Å². The molecule has 2 heterocycles. The molecule has 0 aliphatic rings. The van der Waals surface area contributed by atoms with Crippen LogP contribution in [0.25, 0.3) is 16.9 Å². The molecular weight excluding hydrogens is 366 g/mol. The van der Waals surface area contributed by atoms with Gasteiger partial charge in [0.25, 0.3) is 5.91 Å². The van der Waals surface area contributed by atoms with E-state index in [1.165, 1.54) is 0 Å². The fourth-order valence-electron chi connectivity index (χ4n) is 3.20. The summed E-state index contributed by atoms with van der Waals surface area (Å²) in [5.41, 5.74) is 2.70. The maximum absolute atomic E-state index is 13.3. The monoisotopic (exact) mass is 387 g/mol. The number of rotatable bonds is 6. The number of nitrogens with zero attached hydrogens (tertiary/aromatic N) is 3. The van der Waals surface area contributed by atoms with Gasteiger partial charge >= 0.3 is 0 Å². The topological polar surface area (TPSA) is 60.5 Å². The first kappa shape index (κ1) is 18.6.